The van der Waals surface area contributed by atoms with Crippen LogP contribution in [0, 0.1) is 0 Å². The van der Waals surface area contributed by atoms with E-state index in [9.17, 15) is 0 Å². The molecule has 0 aliphatic carbocycles. The average Bonchev–Trinajstić information content (AvgIpc) is 1.39. The Balaban J connectivity index is 0. The molecule has 0 saturated carbocycles. The van der Waals surface area contributed by atoms with E-state index in [1.165, 1.54) is 7.05 Å². The van der Waals surface area contributed by atoms with E-state index in [-0.39, 0.29) is 0 Å². The van der Waals surface area contributed by atoms with Crippen LogP contribution in [0.15, 0.2) is 0 Å². The zero-order chi connectivity index (χ0) is 5.41. The third-order valence-electron chi connectivity index (χ3n) is 0. The summed E-state index contributed by atoms with van der Waals surface area (Å²) < 4.78 is 16.9. The van der Waals surface area contributed by atoms with E-state index < -0.39 is 16.2 Å². The number of hydrogen-bond donors (Lipinski definition) is 2. The van der Waals surface area contributed by atoms with Crippen LogP contribution in [0.3, 0.4) is 0 Å². The fraction of sp³-hybridized carbons (Fsp3) is 1.00. The van der Waals surface area contributed by atoms with Gasteiger partial charge >= 0.3 is 23.5 Å². The molecule has 0 bridgehead atoms. The normalized spacial score (nSPS) is 4.33. The first-order valence-corrected chi connectivity index (χ1v) is 2.23. The van der Waals surface area contributed by atoms with Crippen LogP contribution in [0.25, 0.3) is 0 Å². The van der Waals surface area contributed by atoms with Crippen molar-refractivity contribution in [3.05, 3.63) is 0 Å². The Hall–Kier alpha value is 0.104. The van der Waals surface area contributed by atoms with Crippen molar-refractivity contribution >= 4 is 0 Å². The molecule has 0 aromatic rings. The van der Waals surface area contributed by atoms with Gasteiger partial charge in [0.2, 0.25) is 0 Å². The van der Waals surface area contributed by atoms with Crippen molar-refractivity contribution < 1.29 is 28.7 Å². The van der Waals surface area contributed by atoms with Crippen molar-refractivity contribution in [1.82, 2.24) is 5.48 Å². The third-order valence-corrected chi connectivity index (χ3v) is 0. The molecule has 0 heterocycles. The van der Waals surface area contributed by atoms with Gasteiger partial charge in [-0.1, -0.05) is 0 Å². The molecule has 5 heteroatoms. The maximum atomic E-state index is 8.47. The number of hydrogen-bond acceptors (Lipinski definition) is 4. The van der Waals surface area contributed by atoms with Crippen LogP contribution >= 0.6 is 0 Å². The van der Waals surface area contributed by atoms with Crippen LogP contribution in [0.4, 0.5) is 0 Å². The minimum absolute atomic E-state index is 1.43. The second-order valence-electron chi connectivity index (χ2n) is 0.298. The zero-order valence-corrected chi connectivity index (χ0v) is 4.61. The van der Waals surface area contributed by atoms with Gasteiger partial charge in [0.25, 0.3) is 0 Å². The van der Waals surface area contributed by atoms with Gasteiger partial charge in [0.1, 0.15) is 0 Å². The fourth-order valence-electron chi connectivity index (χ4n) is 0. The second kappa shape index (κ2) is 19.4. The van der Waals surface area contributed by atoms with Gasteiger partial charge in [0.05, 0.1) is 0 Å². The minimum atomic E-state index is -1.81. The van der Waals surface area contributed by atoms with Crippen molar-refractivity contribution in [2.24, 2.45) is 0 Å². The van der Waals surface area contributed by atoms with Crippen LogP contribution in [0.5, 0.6) is 0 Å². The molecule has 0 aromatic carbocycles. The Morgan fingerprint density at radius 3 is 1.67 bits per heavy atom. The van der Waals surface area contributed by atoms with E-state index in [0.717, 1.165) is 0 Å². The van der Waals surface area contributed by atoms with Crippen LogP contribution in [-0.2, 0) is 23.5 Å². The van der Waals surface area contributed by atoms with Gasteiger partial charge in [0.15, 0.2) is 0 Å². The first-order valence-electron chi connectivity index (χ1n) is 1.09. The quantitative estimate of drug-likeness (QED) is 0.428. The van der Waals surface area contributed by atoms with Gasteiger partial charge < -0.3 is 5.21 Å². The number of hydroxylamine groups is 1. The van der Waals surface area contributed by atoms with E-state index in [0.29, 0.717) is 0 Å². The Morgan fingerprint density at radius 2 is 1.67 bits per heavy atom. The Kier molecular flexibility index (Phi) is 30.6. The first kappa shape index (κ1) is 9.44. The summed E-state index contributed by atoms with van der Waals surface area (Å²) in [5.41, 5.74) is 1.75. The summed E-state index contributed by atoms with van der Waals surface area (Å²) in [6, 6.07) is 0. The van der Waals surface area contributed by atoms with Crippen LogP contribution in [0.1, 0.15) is 0 Å². The Bertz CT molecular complexity index is 40.1. The second-order valence-corrected chi connectivity index (χ2v) is 0.531. The summed E-state index contributed by atoms with van der Waals surface area (Å²) in [7, 11) is 1.43. The summed E-state index contributed by atoms with van der Waals surface area (Å²) in [4.78, 5) is 0. The standard InChI is InChI=1S/CH5NO.2O.V/c1-2-3;;;/h2-3H,1H3;;;. The molecule has 0 spiro atoms. The summed E-state index contributed by atoms with van der Waals surface area (Å²) in [6.45, 7) is 0. The first-order chi connectivity index (χ1) is 2.83. The van der Waals surface area contributed by atoms with Crippen molar-refractivity contribution in [3.63, 3.8) is 0 Å². The van der Waals surface area contributed by atoms with Crippen LogP contribution in [-0.4, -0.2) is 12.3 Å². The summed E-state index contributed by atoms with van der Waals surface area (Å²) in [5.74, 6) is 0. The van der Waals surface area contributed by atoms with Gasteiger partial charge in [-0.3, -0.25) is 0 Å². The molecule has 0 rings (SSSR count). The van der Waals surface area contributed by atoms with Gasteiger partial charge in [-0.15, -0.1) is 0 Å². The molecule has 0 atom stereocenters. The average molecular weight is 130 g/mol. The van der Waals surface area contributed by atoms with Gasteiger partial charge in [0, 0.05) is 7.05 Å². The topological polar surface area (TPSA) is 66.4 Å². The summed E-state index contributed by atoms with van der Waals surface area (Å²) in [6.07, 6.45) is 0. The van der Waals surface area contributed by atoms with Crippen molar-refractivity contribution in [1.29, 1.82) is 0 Å². The van der Waals surface area contributed by atoms with Crippen LogP contribution in [0.2, 0.25) is 0 Å². The molecule has 0 aromatic heterocycles. The molecule has 0 aliphatic rings. The molecule has 0 radical (unpaired) electrons. The van der Waals surface area contributed by atoms with E-state index in [1.54, 1.807) is 5.48 Å². The van der Waals surface area contributed by atoms with Gasteiger partial charge in [-0.05, 0) is 0 Å². The SMILES string of the molecule is CNO.[O]=[V]=[O]. The van der Waals surface area contributed by atoms with Crippen LogP contribution < -0.4 is 5.48 Å². The Labute approximate surface area is 42.0 Å². The molecule has 37 valence electrons. The molecule has 0 fully saturated rings. The van der Waals surface area contributed by atoms with Gasteiger partial charge in [-0.25, -0.2) is 5.48 Å². The predicted molar refractivity (Wildman–Crippen MR) is 12.2 cm³/mol. The fourth-order valence-corrected chi connectivity index (χ4v) is 0. The molecule has 0 unspecified atom stereocenters. The van der Waals surface area contributed by atoms with Gasteiger partial charge in [-0.2, -0.15) is 0 Å². The number of nitrogens with one attached hydrogen (secondary N) is 1. The molecule has 0 aliphatic heterocycles. The van der Waals surface area contributed by atoms with E-state index in [4.69, 9.17) is 12.6 Å². The molecular weight excluding hydrogens is 125 g/mol. The number of rotatable bonds is 0. The Morgan fingerprint density at radius 1 is 1.67 bits per heavy atom. The van der Waals surface area contributed by atoms with E-state index in [2.05, 4.69) is 0 Å². The molecule has 6 heavy (non-hydrogen) atoms. The van der Waals surface area contributed by atoms with Crippen molar-refractivity contribution in [3.8, 4) is 0 Å². The zero-order valence-electron chi connectivity index (χ0n) is 3.21. The molecule has 4 nitrogen and oxygen atoms in total. The molecule has 2 N–H and O–H groups in total. The van der Waals surface area contributed by atoms with E-state index in [1.807, 2.05) is 0 Å². The van der Waals surface area contributed by atoms with Crippen molar-refractivity contribution in [2.75, 3.05) is 7.05 Å². The third kappa shape index (κ3) is 3630. The summed E-state index contributed by atoms with van der Waals surface area (Å²) >= 11 is -1.81. The summed E-state index contributed by atoms with van der Waals surface area (Å²) in [5, 5.41) is 7.32. The maximum absolute atomic E-state index is 8.47. The molecule has 0 saturated heterocycles. The molecular formula is CH5NO3V. The van der Waals surface area contributed by atoms with Crippen molar-refractivity contribution in [2.45, 2.75) is 0 Å². The predicted octanol–water partition coefficient (Wildman–Crippen LogP) is -0.645. The molecule has 0 amide bonds. The van der Waals surface area contributed by atoms with E-state index >= 15 is 0 Å². The monoisotopic (exact) mass is 130 g/mol.